The van der Waals surface area contributed by atoms with E-state index in [0.717, 1.165) is 11.0 Å². The van der Waals surface area contributed by atoms with Crippen molar-refractivity contribution in [1.29, 1.82) is 0 Å². The predicted octanol–water partition coefficient (Wildman–Crippen LogP) is 1.93. The first kappa shape index (κ1) is 12.5. The normalized spacial score (nSPS) is 9.94. The third-order valence-corrected chi connectivity index (χ3v) is 2.78. The number of benzene rings is 2. The Bertz CT molecular complexity index is 670. The van der Waals surface area contributed by atoms with Gasteiger partial charge in [0.2, 0.25) is 0 Å². The molecule has 0 fully saturated rings. The molecule has 0 aliphatic rings. The topological polar surface area (TPSA) is 53.4 Å². The lowest BCUT2D eigenvalue weighted by molar-refractivity contribution is 0.448. The zero-order valence-electron chi connectivity index (χ0n) is 10.2. The van der Waals surface area contributed by atoms with Crippen molar-refractivity contribution in [2.45, 2.75) is 6.92 Å². The van der Waals surface area contributed by atoms with Crippen molar-refractivity contribution in [3.05, 3.63) is 54.1 Å². The molecule has 4 heteroatoms. The smallest absolute Gasteiger partial charge is 0.430 e. The van der Waals surface area contributed by atoms with Gasteiger partial charge < -0.3 is 10.0 Å². The summed E-state index contributed by atoms with van der Waals surface area (Å²) >= 11 is 0. The van der Waals surface area contributed by atoms with Gasteiger partial charge in [0.25, 0.3) is 0 Å². The Kier molecular flexibility index (Phi) is 3.92. The van der Waals surface area contributed by atoms with Crippen molar-refractivity contribution in [3.63, 3.8) is 0 Å². The van der Waals surface area contributed by atoms with Crippen LogP contribution in [0, 0.1) is 6.92 Å². The van der Waals surface area contributed by atoms with E-state index in [1.54, 1.807) is 0 Å². The van der Waals surface area contributed by atoms with Crippen LogP contribution in [0.25, 0.3) is 21.8 Å². The van der Waals surface area contributed by atoms with E-state index in [1.165, 1.54) is 16.3 Å². The van der Waals surface area contributed by atoms with Crippen molar-refractivity contribution >= 4 is 29.5 Å². The second kappa shape index (κ2) is 5.62. The lowest BCUT2D eigenvalue weighted by Crippen LogP contribution is -1.84. The first-order valence-corrected chi connectivity index (χ1v) is 5.73. The monoisotopic (exact) mass is 239 g/mol. The van der Waals surface area contributed by atoms with Gasteiger partial charge in [0.1, 0.15) is 0 Å². The summed E-state index contributed by atoms with van der Waals surface area (Å²) in [5.74, 6) is 0. The molecule has 2 N–H and O–H groups in total. The SMILES string of the molecule is Cc1cccc2nc3ccccc3cc12.OBO. The quantitative estimate of drug-likeness (QED) is 0.465. The predicted molar refractivity (Wildman–Crippen MR) is 75.6 cm³/mol. The summed E-state index contributed by atoms with van der Waals surface area (Å²) in [7, 11) is -0.750. The number of nitrogens with zero attached hydrogens (tertiary/aromatic N) is 1. The summed E-state index contributed by atoms with van der Waals surface area (Å²) in [6.45, 7) is 2.12. The average Bonchev–Trinajstić information content (AvgIpc) is 2.38. The molecule has 2 aromatic carbocycles. The number of hydrogen-bond donors (Lipinski definition) is 2. The van der Waals surface area contributed by atoms with Crippen molar-refractivity contribution < 1.29 is 10.0 Å². The van der Waals surface area contributed by atoms with Crippen LogP contribution in [0.5, 0.6) is 0 Å². The number of pyridine rings is 1. The summed E-state index contributed by atoms with van der Waals surface area (Å²) in [6, 6.07) is 16.7. The molecule has 0 bridgehead atoms. The van der Waals surface area contributed by atoms with Gasteiger partial charge in [-0.25, -0.2) is 4.98 Å². The van der Waals surface area contributed by atoms with Gasteiger partial charge in [-0.1, -0.05) is 30.3 Å². The molecule has 90 valence electrons. The summed E-state index contributed by atoms with van der Waals surface area (Å²) in [5.41, 5.74) is 3.43. The van der Waals surface area contributed by atoms with E-state index in [4.69, 9.17) is 10.0 Å². The third kappa shape index (κ3) is 2.50. The summed E-state index contributed by atoms with van der Waals surface area (Å²) in [4.78, 5) is 4.64. The zero-order valence-corrected chi connectivity index (χ0v) is 10.2. The van der Waals surface area contributed by atoms with Crippen LogP contribution in [-0.4, -0.2) is 22.7 Å². The maximum atomic E-state index is 7.12. The highest BCUT2D eigenvalue weighted by atomic mass is 16.4. The Morgan fingerprint density at radius 2 is 1.61 bits per heavy atom. The second-order valence-electron chi connectivity index (χ2n) is 3.96. The van der Waals surface area contributed by atoms with E-state index in [0.29, 0.717) is 0 Å². The molecule has 0 unspecified atom stereocenters. The highest BCUT2D eigenvalue weighted by Crippen LogP contribution is 2.21. The third-order valence-electron chi connectivity index (χ3n) is 2.78. The van der Waals surface area contributed by atoms with E-state index < -0.39 is 7.69 Å². The molecule has 1 heterocycles. The van der Waals surface area contributed by atoms with Crippen LogP contribution < -0.4 is 0 Å². The minimum atomic E-state index is -0.750. The van der Waals surface area contributed by atoms with Crippen LogP contribution in [0.1, 0.15) is 5.56 Å². The van der Waals surface area contributed by atoms with E-state index in [2.05, 4.69) is 48.3 Å². The minimum Gasteiger partial charge on any atom is -0.430 e. The molecule has 3 aromatic rings. The van der Waals surface area contributed by atoms with Gasteiger partial charge in [-0.15, -0.1) is 0 Å². The molecule has 3 rings (SSSR count). The van der Waals surface area contributed by atoms with Crippen LogP contribution >= 0.6 is 0 Å². The van der Waals surface area contributed by atoms with Crippen molar-refractivity contribution in [2.75, 3.05) is 0 Å². The average molecular weight is 239 g/mol. The fourth-order valence-corrected chi connectivity index (χ4v) is 1.95. The Balaban J connectivity index is 0.000000367. The summed E-state index contributed by atoms with van der Waals surface area (Å²) in [5, 5.41) is 16.7. The lowest BCUT2D eigenvalue weighted by atomic mass is 10.1. The largest absolute Gasteiger partial charge is 0.432 e. The molecular formula is C14H14BNO2. The first-order valence-electron chi connectivity index (χ1n) is 5.73. The van der Waals surface area contributed by atoms with Crippen LogP contribution in [0.15, 0.2) is 48.5 Å². The molecule has 0 saturated heterocycles. The highest BCUT2D eigenvalue weighted by Gasteiger charge is 2.00. The Morgan fingerprint density at radius 3 is 2.39 bits per heavy atom. The van der Waals surface area contributed by atoms with Crippen molar-refractivity contribution in [2.24, 2.45) is 0 Å². The second-order valence-corrected chi connectivity index (χ2v) is 3.96. The van der Waals surface area contributed by atoms with Crippen LogP contribution in [0.3, 0.4) is 0 Å². The van der Waals surface area contributed by atoms with E-state index in [9.17, 15) is 0 Å². The number of aryl methyl sites for hydroxylation is 1. The molecular weight excluding hydrogens is 225 g/mol. The van der Waals surface area contributed by atoms with Crippen molar-refractivity contribution in [1.82, 2.24) is 4.98 Å². The maximum Gasteiger partial charge on any atom is 0.432 e. The van der Waals surface area contributed by atoms with E-state index in [1.807, 2.05) is 12.1 Å². The molecule has 3 nitrogen and oxygen atoms in total. The lowest BCUT2D eigenvalue weighted by Gasteiger charge is -2.03. The standard InChI is InChI=1S/C14H11N.BH3O2/c1-10-5-4-8-14-12(10)9-11-6-2-3-7-13(11)15-14;2-1-3/h2-9H,1H3;1-3H. The maximum absolute atomic E-state index is 7.12. The van der Waals surface area contributed by atoms with Gasteiger partial charge in [0.15, 0.2) is 0 Å². The Morgan fingerprint density at radius 1 is 0.944 bits per heavy atom. The Hall–Kier alpha value is -1.91. The van der Waals surface area contributed by atoms with E-state index >= 15 is 0 Å². The molecule has 0 aliphatic heterocycles. The Labute approximate surface area is 106 Å². The fourth-order valence-electron chi connectivity index (χ4n) is 1.95. The minimum absolute atomic E-state index is 0.750. The van der Waals surface area contributed by atoms with Crippen LogP contribution in [0.4, 0.5) is 0 Å². The summed E-state index contributed by atoms with van der Waals surface area (Å²) in [6.07, 6.45) is 0. The fraction of sp³-hybridized carbons (Fsp3) is 0.0714. The number of rotatable bonds is 0. The molecule has 0 spiro atoms. The number of hydrogen-bond acceptors (Lipinski definition) is 3. The molecule has 0 saturated carbocycles. The zero-order chi connectivity index (χ0) is 13.0. The molecule has 18 heavy (non-hydrogen) atoms. The molecule has 0 atom stereocenters. The van der Waals surface area contributed by atoms with Gasteiger partial charge in [0, 0.05) is 10.8 Å². The number of para-hydroxylation sites is 1. The molecule has 1 aromatic heterocycles. The van der Waals surface area contributed by atoms with Gasteiger partial charge in [-0.05, 0) is 30.7 Å². The van der Waals surface area contributed by atoms with Gasteiger partial charge in [0.05, 0.1) is 11.0 Å². The summed E-state index contributed by atoms with van der Waals surface area (Å²) < 4.78 is 0. The highest BCUT2D eigenvalue weighted by molar-refractivity contribution is 6.13. The van der Waals surface area contributed by atoms with Crippen LogP contribution in [-0.2, 0) is 0 Å². The van der Waals surface area contributed by atoms with E-state index in [-0.39, 0.29) is 0 Å². The van der Waals surface area contributed by atoms with Crippen LogP contribution in [0.2, 0.25) is 0 Å². The van der Waals surface area contributed by atoms with Gasteiger partial charge in [-0.3, -0.25) is 0 Å². The molecule has 0 amide bonds. The number of aromatic nitrogens is 1. The molecule has 0 radical (unpaired) electrons. The van der Waals surface area contributed by atoms with Gasteiger partial charge >= 0.3 is 7.69 Å². The van der Waals surface area contributed by atoms with Gasteiger partial charge in [-0.2, -0.15) is 0 Å². The first-order chi connectivity index (χ1) is 8.76. The van der Waals surface area contributed by atoms with Crippen molar-refractivity contribution in [3.8, 4) is 0 Å². The number of fused-ring (bicyclic) bond motifs is 2. The molecule has 0 aliphatic carbocycles.